The number of fused-ring (bicyclic) bond motifs is 7. The topological polar surface area (TPSA) is 197 Å². The van der Waals surface area contributed by atoms with Crippen LogP contribution < -0.4 is 25.8 Å². The first-order valence-corrected chi connectivity index (χ1v) is 28.0. The van der Waals surface area contributed by atoms with Crippen molar-refractivity contribution in [1.29, 1.82) is 0 Å². The number of aromatic hydroxyl groups is 1. The molecule has 0 saturated heterocycles. The number of benzene rings is 5. The number of ketones is 1. The molecule has 0 saturated carbocycles. The molecule has 0 fully saturated rings. The number of aliphatic imine (C=N–C) groups is 1. The normalized spacial score (nSPS) is 21.4. The number of nitrogens with two attached hydrogens (primary N) is 1. The number of unbranched alkanes of at least 4 members (excludes halogenated alkanes) is 1. The summed E-state index contributed by atoms with van der Waals surface area (Å²) in [5.41, 5.74) is 14.4. The minimum Gasteiger partial charge on any atom is -0.508 e. The second-order valence-electron chi connectivity index (χ2n) is 21.3. The van der Waals surface area contributed by atoms with Crippen molar-refractivity contribution in [3.63, 3.8) is 0 Å². The number of guanidine groups is 1. The van der Waals surface area contributed by atoms with Gasteiger partial charge in [-0.2, -0.15) is 0 Å². The van der Waals surface area contributed by atoms with E-state index in [0.29, 0.717) is 72.0 Å². The lowest BCUT2D eigenvalue weighted by Crippen LogP contribution is -2.25. The van der Waals surface area contributed by atoms with Crippen LogP contribution in [0, 0.1) is 23.9 Å². The van der Waals surface area contributed by atoms with Crippen LogP contribution in [-0.4, -0.2) is 78.7 Å². The largest absolute Gasteiger partial charge is 0.508 e. The van der Waals surface area contributed by atoms with Crippen LogP contribution >= 0.6 is 0 Å². The standard InChI is InChI=1S/C66H76N4O9/c1-5-69-27-10-28-77-29-25-43-12-8-15-46(31-43)52-23-20-47-34-45(14-7-6-11-42-13-9-16-49(32-42)70-66(67)68-3)48(36-59(47)72)35-51-37-50(71)21-18-44-19-24-61(76-4)62(33-44)79-40-58-53-22-17-41(2)55-39-60(73)64(54(52)26-30-78-51)57(63(53)55)38-56(58)65(74)75/h8-9,12-13,15-17,19-20,22-24,31-34,36,38-39,41,45,48,51-52,54,65,69,72-75H,5-7,10-11,14,18,21,25,27-29,35,37,40H2,1-4H3,(H3,67,68,70)/b23-20+/t41-,45-,48+,51+,52+,54-/m1/s1. The summed E-state index contributed by atoms with van der Waals surface area (Å²) in [6.45, 7) is 7.11. The molecule has 414 valence electrons. The van der Waals surface area contributed by atoms with E-state index in [0.717, 1.165) is 84.1 Å². The van der Waals surface area contributed by atoms with Crippen molar-refractivity contribution < 1.29 is 44.2 Å². The minimum absolute atomic E-state index is 0.000299. The molecular weight excluding hydrogens is 993 g/mol. The van der Waals surface area contributed by atoms with Crippen molar-refractivity contribution in [2.24, 2.45) is 22.6 Å². The summed E-state index contributed by atoms with van der Waals surface area (Å²) in [6, 6.07) is 25.7. The Hall–Kier alpha value is -7.34. The Morgan fingerprint density at radius 1 is 0.937 bits per heavy atom. The van der Waals surface area contributed by atoms with Crippen molar-refractivity contribution in [2.45, 2.75) is 115 Å². The summed E-state index contributed by atoms with van der Waals surface area (Å²) >= 11 is 0. The number of aryl methyl sites for hydroxylation is 2. The molecule has 5 aromatic rings. The van der Waals surface area contributed by atoms with E-state index >= 15 is 0 Å². The highest BCUT2D eigenvalue weighted by atomic mass is 16.5. The van der Waals surface area contributed by atoms with Gasteiger partial charge in [0.25, 0.3) is 0 Å². The number of methoxy groups -OCH3 is 1. The molecule has 13 nitrogen and oxygen atoms in total. The van der Waals surface area contributed by atoms with E-state index in [1.807, 2.05) is 66.8 Å². The molecule has 0 radical (unpaired) electrons. The second kappa shape index (κ2) is 26.5. The highest BCUT2D eigenvalue weighted by Gasteiger charge is 2.34. The number of nitrogens with one attached hydrogen (secondary N) is 2. The molecule has 2 aliphatic carbocycles. The number of allylic oxidation sites excluding steroid dienone is 5. The average Bonchev–Trinajstić information content (AvgIpc) is 3.64. The fraction of sp³-hybridized carbons (Fsp3) is 0.394. The Balaban J connectivity index is 1.18. The third kappa shape index (κ3) is 13.7. The molecular formula is C66H76N4O9. The van der Waals surface area contributed by atoms with Gasteiger partial charge in [-0.15, -0.1) is 0 Å². The summed E-state index contributed by atoms with van der Waals surface area (Å²) in [5, 5.41) is 55.3. The summed E-state index contributed by atoms with van der Waals surface area (Å²) in [7, 11) is 3.22. The fourth-order valence-electron chi connectivity index (χ4n) is 11.7. The van der Waals surface area contributed by atoms with Crippen LogP contribution in [0.2, 0.25) is 0 Å². The van der Waals surface area contributed by atoms with Crippen LogP contribution in [0.1, 0.15) is 133 Å². The fourth-order valence-corrected chi connectivity index (χ4v) is 11.7. The SMILES string of the molecule is CCNCCCOCCc1cccc([C@@H]2/C=C/C3=C[C@@H](CCCCc4cccc(NC(N)=NC)c4)[C@H](C=C3O)C[C@H]3CC(=O)CCc4ccc(OC)c(c4)OCc4c(C(O)O)cc5c(c(O)cc6c5c4C=C[C@H]6C)[C@@H]2C#CO3)c1. The van der Waals surface area contributed by atoms with Crippen molar-refractivity contribution >= 4 is 34.3 Å². The lowest BCUT2D eigenvalue weighted by Gasteiger charge is -2.30. The molecule has 0 amide bonds. The van der Waals surface area contributed by atoms with Gasteiger partial charge >= 0.3 is 0 Å². The highest BCUT2D eigenvalue weighted by molar-refractivity contribution is 6.01. The summed E-state index contributed by atoms with van der Waals surface area (Å²) in [4.78, 5) is 18.3. The molecule has 10 bridgehead atoms. The predicted octanol–water partition coefficient (Wildman–Crippen LogP) is 11.3. The van der Waals surface area contributed by atoms with Crippen molar-refractivity contribution in [1.82, 2.24) is 5.32 Å². The third-order valence-corrected chi connectivity index (χ3v) is 15.9. The molecule has 4 heterocycles. The molecule has 4 aliphatic heterocycles. The van der Waals surface area contributed by atoms with Gasteiger partial charge in [-0.25, -0.2) is 0 Å². The molecule has 0 unspecified atom stereocenters. The maximum absolute atomic E-state index is 14.3. The van der Waals surface area contributed by atoms with E-state index in [9.17, 15) is 25.2 Å². The third-order valence-electron chi connectivity index (χ3n) is 15.9. The molecule has 0 aromatic heterocycles. The Morgan fingerprint density at radius 2 is 1.77 bits per heavy atom. The smallest absolute Gasteiger partial charge is 0.192 e. The van der Waals surface area contributed by atoms with Crippen molar-refractivity contribution in [3.8, 4) is 29.3 Å². The number of aliphatic hydroxyl groups is 3. The molecule has 5 aromatic carbocycles. The van der Waals surface area contributed by atoms with Gasteiger partial charge in [0.2, 0.25) is 0 Å². The Morgan fingerprint density at radius 3 is 2.58 bits per heavy atom. The van der Waals surface area contributed by atoms with E-state index < -0.39 is 24.2 Å². The summed E-state index contributed by atoms with van der Waals surface area (Å²) in [5.74, 6) is 3.30. The molecule has 13 heteroatoms. The van der Waals surface area contributed by atoms with Gasteiger partial charge < -0.3 is 55.7 Å². The molecule has 0 spiro atoms. The molecule has 8 N–H and O–H groups in total. The minimum atomic E-state index is -1.91. The van der Waals surface area contributed by atoms with E-state index in [2.05, 4.69) is 84.0 Å². The lowest BCUT2D eigenvalue weighted by molar-refractivity contribution is -0.121. The summed E-state index contributed by atoms with van der Waals surface area (Å²) in [6.07, 6.45) is 19.0. The molecule has 6 aliphatic rings. The quantitative estimate of drug-likeness (QED) is 0.0153. The van der Waals surface area contributed by atoms with Gasteiger partial charge in [0.05, 0.1) is 19.6 Å². The number of hydrogen-bond donors (Lipinski definition) is 7. The van der Waals surface area contributed by atoms with E-state index in [4.69, 9.17) is 24.7 Å². The summed E-state index contributed by atoms with van der Waals surface area (Å²) < 4.78 is 25.1. The van der Waals surface area contributed by atoms with E-state index in [1.165, 1.54) is 5.56 Å². The van der Waals surface area contributed by atoms with Crippen LogP contribution in [-0.2, 0) is 40.1 Å². The Kier molecular flexibility index (Phi) is 18.9. The van der Waals surface area contributed by atoms with Gasteiger partial charge in [-0.1, -0.05) is 99.0 Å². The van der Waals surface area contributed by atoms with Gasteiger partial charge in [0, 0.05) is 66.3 Å². The van der Waals surface area contributed by atoms with Crippen LogP contribution in [0.25, 0.3) is 16.8 Å². The zero-order valence-electron chi connectivity index (χ0n) is 46.0. The van der Waals surface area contributed by atoms with E-state index in [1.54, 1.807) is 20.2 Å². The average molecular weight is 1070 g/mol. The number of hydrogen-bond acceptors (Lipinski definition) is 11. The number of carbonyl (C=O) groups is 1. The number of anilines is 1. The predicted molar refractivity (Wildman–Crippen MR) is 312 cm³/mol. The van der Waals surface area contributed by atoms with Crippen LogP contribution in [0.15, 0.2) is 126 Å². The van der Waals surface area contributed by atoms with Crippen molar-refractivity contribution in [3.05, 3.63) is 171 Å². The van der Waals surface area contributed by atoms with Gasteiger partial charge in [0.1, 0.15) is 36.1 Å². The van der Waals surface area contributed by atoms with E-state index in [-0.39, 0.29) is 60.1 Å². The Labute approximate surface area is 464 Å². The number of phenols is 1. The highest BCUT2D eigenvalue weighted by Crippen LogP contribution is 2.49. The second-order valence-corrected chi connectivity index (χ2v) is 21.3. The zero-order valence-corrected chi connectivity index (χ0v) is 46.0. The number of rotatable bonds is 17. The number of nitrogens with zero attached hydrogens (tertiary/aromatic N) is 1. The van der Waals surface area contributed by atoms with Crippen molar-refractivity contribution in [2.75, 3.05) is 45.8 Å². The first kappa shape index (κ1) is 56.4. The van der Waals surface area contributed by atoms with Gasteiger partial charge in [-0.3, -0.25) is 9.79 Å². The first-order valence-electron chi connectivity index (χ1n) is 28.0. The number of carbonyl (C=O) groups excluding carboxylic acids is 1. The molecule has 6 atom stereocenters. The maximum atomic E-state index is 14.3. The number of Topliss-reactive ketones (excluding diaryl/α,β-unsaturated/α-hetero) is 1. The van der Waals surface area contributed by atoms with Gasteiger partial charge in [-0.05, 0) is 156 Å². The number of aliphatic hydroxyl groups excluding tert-OH is 2. The van der Waals surface area contributed by atoms with Crippen LogP contribution in [0.5, 0.6) is 17.2 Å². The Bertz CT molecular complexity index is 3220. The van der Waals surface area contributed by atoms with Crippen LogP contribution in [0.3, 0.4) is 0 Å². The monoisotopic (exact) mass is 1070 g/mol. The van der Waals surface area contributed by atoms with Gasteiger partial charge in [0.15, 0.2) is 23.7 Å². The molecule has 79 heavy (non-hydrogen) atoms. The van der Waals surface area contributed by atoms with Crippen LogP contribution in [0.4, 0.5) is 5.69 Å². The first-order chi connectivity index (χ1) is 38.4. The number of ether oxygens (including phenoxy) is 4. The number of phenolic OH excluding ortho intramolecular Hbond substituents is 1. The molecule has 11 rings (SSSR count). The lowest BCUT2D eigenvalue weighted by atomic mass is 9.74. The zero-order chi connectivity index (χ0) is 55.4. The maximum Gasteiger partial charge on any atom is 0.192 e.